The Kier molecular flexibility index (Phi) is 4.65. The van der Waals surface area contributed by atoms with Gasteiger partial charge in [-0.05, 0) is 42.5 Å². The van der Waals surface area contributed by atoms with Gasteiger partial charge in [0.25, 0.3) is 0 Å². The van der Waals surface area contributed by atoms with E-state index < -0.39 is 17.1 Å². The lowest BCUT2D eigenvalue weighted by Crippen LogP contribution is -2.32. The average molecular weight is 505 g/mol. The number of nitrogens with one attached hydrogen (secondary N) is 1. The quantitative estimate of drug-likeness (QED) is 0.376. The van der Waals surface area contributed by atoms with Crippen molar-refractivity contribution in [1.29, 1.82) is 0 Å². The first-order chi connectivity index (χ1) is 14.0. The number of H-pyrrole nitrogens is 1. The van der Waals surface area contributed by atoms with Crippen LogP contribution in [0.4, 0.5) is 5.69 Å². The van der Waals surface area contributed by atoms with E-state index in [2.05, 4.69) is 20.9 Å². The number of aromatic hydroxyl groups is 1. The zero-order valence-corrected chi connectivity index (χ0v) is 18.7. The van der Waals surface area contributed by atoms with E-state index in [1.807, 2.05) is 6.07 Å². The van der Waals surface area contributed by atoms with Crippen LogP contribution in [0.3, 0.4) is 0 Å². The van der Waals surface area contributed by atoms with Crippen LogP contribution in [0.25, 0.3) is 0 Å². The Morgan fingerprint density at radius 3 is 2.52 bits per heavy atom. The highest BCUT2D eigenvalue weighted by Gasteiger charge is 2.56. The number of imide groups is 1. The smallest absolute Gasteiger partial charge is 0.248 e. The van der Waals surface area contributed by atoms with Crippen LogP contribution < -0.4 is 4.90 Å². The van der Waals surface area contributed by atoms with Gasteiger partial charge in [-0.3, -0.25) is 9.59 Å². The summed E-state index contributed by atoms with van der Waals surface area (Å²) in [6, 6.07) is 14.1. The first-order valence-electron chi connectivity index (χ1n) is 8.76. The molecule has 0 spiro atoms. The first-order valence-corrected chi connectivity index (χ1v) is 11.7. The molecular weight excluding hydrogens is 492 g/mol. The van der Waals surface area contributed by atoms with E-state index in [4.69, 9.17) is 12.2 Å². The molecule has 29 heavy (non-hydrogen) atoms. The van der Waals surface area contributed by atoms with E-state index in [-0.39, 0.29) is 17.6 Å². The predicted octanol–water partition coefficient (Wildman–Crippen LogP) is 5.07. The second-order valence-electron chi connectivity index (χ2n) is 6.80. The van der Waals surface area contributed by atoms with Gasteiger partial charge >= 0.3 is 0 Å². The number of halogens is 1. The predicted molar refractivity (Wildman–Crippen MR) is 119 cm³/mol. The van der Waals surface area contributed by atoms with Gasteiger partial charge in [-0.2, -0.15) is 0 Å². The van der Waals surface area contributed by atoms with Gasteiger partial charge in [0.1, 0.15) is 11.0 Å². The van der Waals surface area contributed by atoms with Crippen molar-refractivity contribution in [2.24, 2.45) is 5.92 Å². The molecule has 0 bridgehead atoms. The lowest BCUT2D eigenvalue weighted by molar-refractivity contribution is -0.122. The maximum Gasteiger partial charge on any atom is 0.248 e. The van der Waals surface area contributed by atoms with E-state index in [9.17, 15) is 14.7 Å². The number of aromatic amines is 1. The van der Waals surface area contributed by atoms with Gasteiger partial charge in [0, 0.05) is 20.8 Å². The van der Waals surface area contributed by atoms with Crippen molar-refractivity contribution < 1.29 is 14.7 Å². The van der Waals surface area contributed by atoms with Gasteiger partial charge in [0.15, 0.2) is 3.95 Å². The molecule has 2 aliphatic rings. The van der Waals surface area contributed by atoms with E-state index in [1.165, 1.54) is 28.0 Å². The Hall–Kier alpha value is -1.94. The zero-order chi connectivity index (χ0) is 20.3. The van der Waals surface area contributed by atoms with E-state index in [0.717, 1.165) is 14.4 Å². The summed E-state index contributed by atoms with van der Waals surface area (Å²) in [6.45, 7) is 0. The molecule has 146 valence electrons. The van der Waals surface area contributed by atoms with Gasteiger partial charge < -0.3 is 10.1 Å². The summed E-state index contributed by atoms with van der Waals surface area (Å²) in [5.41, 5.74) is 1.18. The maximum atomic E-state index is 13.5. The third-order valence-corrected chi connectivity index (χ3v) is 8.46. The van der Waals surface area contributed by atoms with Crippen LogP contribution in [0.5, 0.6) is 5.75 Å². The summed E-state index contributed by atoms with van der Waals surface area (Å²) >= 11 is 11.4. The van der Waals surface area contributed by atoms with E-state index in [0.29, 0.717) is 15.2 Å². The number of rotatable bonds is 2. The number of para-hydroxylation sites is 1. The minimum Gasteiger partial charge on any atom is -0.508 e. The van der Waals surface area contributed by atoms with Crippen molar-refractivity contribution in [3.63, 3.8) is 0 Å². The summed E-state index contributed by atoms with van der Waals surface area (Å²) in [6.07, 6.45) is 0. The molecule has 2 N–H and O–H groups in total. The molecule has 5 rings (SSSR count). The second kappa shape index (κ2) is 7.09. The Bertz CT molecular complexity index is 1200. The van der Waals surface area contributed by atoms with Crippen molar-refractivity contribution >= 4 is 68.7 Å². The minimum atomic E-state index is -0.613. The lowest BCUT2D eigenvalue weighted by atomic mass is 9.82. The number of aromatic nitrogens is 1. The zero-order valence-electron chi connectivity index (χ0n) is 14.7. The van der Waals surface area contributed by atoms with Crippen molar-refractivity contribution in [2.45, 2.75) is 16.2 Å². The van der Waals surface area contributed by atoms with Gasteiger partial charge in [0.05, 0.1) is 16.6 Å². The SMILES string of the molecule is O=C1C2Sc3[nH]c(=S)sc3C(c3ccccc3O)C2C(=O)N1c1ccc(Br)cc1. The monoisotopic (exact) mass is 504 g/mol. The Morgan fingerprint density at radius 2 is 1.79 bits per heavy atom. The van der Waals surface area contributed by atoms with Crippen LogP contribution >= 0.6 is 51.2 Å². The van der Waals surface area contributed by atoms with Crippen molar-refractivity contribution in [3.05, 3.63) is 67.4 Å². The molecule has 2 amide bonds. The van der Waals surface area contributed by atoms with Crippen molar-refractivity contribution in [2.75, 3.05) is 4.90 Å². The summed E-state index contributed by atoms with van der Waals surface area (Å²) in [5, 5.41) is 10.7. The lowest BCUT2D eigenvalue weighted by Gasteiger charge is -2.30. The topological polar surface area (TPSA) is 73.4 Å². The molecule has 3 atom stereocenters. The van der Waals surface area contributed by atoms with Crippen LogP contribution in [0, 0.1) is 9.87 Å². The normalized spacial score (nSPS) is 23.2. The van der Waals surface area contributed by atoms with Crippen LogP contribution in [0.15, 0.2) is 58.0 Å². The number of anilines is 1. The van der Waals surface area contributed by atoms with Crippen molar-refractivity contribution in [1.82, 2.24) is 4.98 Å². The Labute approximate surface area is 187 Å². The molecule has 0 saturated carbocycles. The molecule has 0 aliphatic carbocycles. The molecule has 1 saturated heterocycles. The highest BCUT2D eigenvalue weighted by molar-refractivity contribution is 9.10. The number of carbonyl (C=O) groups excluding carboxylic acids is 2. The number of fused-ring (bicyclic) bond motifs is 2. The first kappa shape index (κ1) is 19.0. The fraction of sp³-hybridized carbons (Fsp3) is 0.150. The van der Waals surface area contributed by atoms with Crippen LogP contribution in [0.2, 0.25) is 0 Å². The maximum absolute atomic E-state index is 13.5. The molecule has 3 heterocycles. The van der Waals surface area contributed by atoms with Gasteiger partial charge in [0.2, 0.25) is 11.8 Å². The number of amides is 2. The van der Waals surface area contributed by atoms with E-state index in [1.54, 1.807) is 42.5 Å². The molecule has 0 radical (unpaired) electrons. The highest BCUT2D eigenvalue weighted by atomic mass is 79.9. The number of nitrogens with zero attached hydrogens (tertiary/aromatic N) is 1. The number of hydrogen-bond acceptors (Lipinski definition) is 6. The number of benzene rings is 2. The molecule has 3 unspecified atom stereocenters. The standard InChI is InChI=1S/C20H13BrN2O3S3/c21-9-5-7-10(8-6-9)23-18(25)14-13(11-3-1-2-4-12(11)24)15-17(22-20(27)29-15)28-16(14)19(23)26/h1-8,13-14,16,24H,(H,22,27). The number of thioether (sulfide) groups is 1. The fourth-order valence-electron chi connectivity index (χ4n) is 3.95. The molecule has 2 aromatic carbocycles. The van der Waals surface area contributed by atoms with E-state index >= 15 is 0 Å². The number of phenols is 1. The molecule has 2 aliphatic heterocycles. The number of thiazole rings is 1. The molecular formula is C20H13BrN2O3S3. The summed E-state index contributed by atoms with van der Waals surface area (Å²) in [4.78, 5) is 32.1. The molecule has 9 heteroatoms. The summed E-state index contributed by atoms with van der Waals surface area (Å²) < 4.78 is 1.46. The van der Waals surface area contributed by atoms with Gasteiger partial charge in [-0.15, -0.1) is 11.3 Å². The third-order valence-electron chi connectivity index (χ3n) is 5.18. The van der Waals surface area contributed by atoms with Gasteiger partial charge in [-0.25, -0.2) is 4.90 Å². The van der Waals surface area contributed by atoms with Crippen molar-refractivity contribution in [3.8, 4) is 5.75 Å². The highest BCUT2D eigenvalue weighted by Crippen LogP contribution is 2.55. The number of phenolic OH excluding ortho intramolecular Hbond substituents is 1. The molecule has 3 aromatic rings. The number of hydrogen-bond donors (Lipinski definition) is 2. The molecule has 5 nitrogen and oxygen atoms in total. The third kappa shape index (κ3) is 2.99. The Morgan fingerprint density at radius 1 is 1.07 bits per heavy atom. The van der Waals surface area contributed by atoms with Crippen LogP contribution in [-0.2, 0) is 9.59 Å². The van der Waals surface area contributed by atoms with Crippen LogP contribution in [-0.4, -0.2) is 27.2 Å². The minimum absolute atomic E-state index is 0.107. The van der Waals surface area contributed by atoms with Crippen LogP contribution in [0.1, 0.15) is 16.4 Å². The number of carbonyl (C=O) groups is 2. The Balaban J connectivity index is 1.67. The average Bonchev–Trinajstić information content (AvgIpc) is 3.19. The summed E-state index contributed by atoms with van der Waals surface area (Å²) in [7, 11) is 0. The molecule has 1 aromatic heterocycles. The second-order valence-corrected chi connectivity index (χ2v) is 10.6. The fourth-order valence-corrected chi connectivity index (χ4v) is 7.16. The molecule has 1 fully saturated rings. The largest absolute Gasteiger partial charge is 0.508 e. The van der Waals surface area contributed by atoms with Gasteiger partial charge in [-0.1, -0.05) is 45.9 Å². The summed E-state index contributed by atoms with van der Waals surface area (Å²) in [5.74, 6) is -1.45.